The van der Waals surface area contributed by atoms with Crippen molar-refractivity contribution in [1.29, 1.82) is 0 Å². The van der Waals surface area contributed by atoms with Gasteiger partial charge in [0.25, 0.3) is 0 Å². The number of carbonyl (C=O) groups excluding carboxylic acids is 1. The van der Waals surface area contributed by atoms with Crippen molar-refractivity contribution >= 4 is 11.9 Å². The van der Waals surface area contributed by atoms with Gasteiger partial charge in [0.15, 0.2) is 0 Å². The molecule has 0 bridgehead atoms. The van der Waals surface area contributed by atoms with Crippen molar-refractivity contribution in [2.24, 2.45) is 5.92 Å². The predicted octanol–water partition coefficient (Wildman–Crippen LogP) is 3.83. The number of piperidine rings is 1. The maximum absolute atomic E-state index is 13.1. The largest absolute Gasteiger partial charge is 0.497 e. The van der Waals surface area contributed by atoms with Gasteiger partial charge in [-0.25, -0.2) is 0 Å². The van der Waals surface area contributed by atoms with Crippen LogP contribution in [0.2, 0.25) is 0 Å². The summed E-state index contributed by atoms with van der Waals surface area (Å²) in [7, 11) is 1.64. The first kappa shape index (κ1) is 23.4. The number of hydrogen-bond donors (Lipinski definition) is 1. The molecule has 35 heavy (non-hydrogen) atoms. The summed E-state index contributed by atoms with van der Waals surface area (Å²) in [5.41, 5.74) is 2.09. The number of amides is 1. The molecule has 2 fully saturated rings. The van der Waals surface area contributed by atoms with Gasteiger partial charge in [-0.15, -0.1) is 0 Å². The molecule has 184 valence electrons. The van der Waals surface area contributed by atoms with E-state index in [4.69, 9.17) is 14.0 Å². The van der Waals surface area contributed by atoms with E-state index in [1.54, 1.807) is 7.11 Å². The molecule has 0 radical (unpaired) electrons. The number of anilines is 1. The lowest BCUT2D eigenvalue weighted by atomic mass is 9.74. The minimum atomic E-state index is -0.0580. The Morgan fingerprint density at radius 1 is 1.09 bits per heavy atom. The Labute approximate surface area is 205 Å². The zero-order valence-corrected chi connectivity index (χ0v) is 20.1. The maximum atomic E-state index is 13.1. The molecule has 0 saturated carbocycles. The van der Waals surface area contributed by atoms with Gasteiger partial charge < -0.3 is 24.2 Å². The van der Waals surface area contributed by atoms with E-state index in [0.29, 0.717) is 31.5 Å². The summed E-state index contributed by atoms with van der Waals surface area (Å²) in [6, 6.07) is 18.6. The molecule has 2 saturated heterocycles. The fourth-order valence-electron chi connectivity index (χ4n) is 5.06. The standard InChI is InChI=1S/C27H32N4O4/c1-33-23-9-7-20(8-10-23)24-29-26(35-30-24)31-15-11-21(12-16-31)25(32)28-19-27(13-17-34-18-14-27)22-5-3-2-4-6-22/h2-10,21H,11-19H2,1H3,(H,28,32). The van der Waals surface area contributed by atoms with Crippen molar-refractivity contribution < 1.29 is 18.8 Å². The molecule has 1 aromatic heterocycles. The van der Waals surface area contributed by atoms with Gasteiger partial charge in [0.1, 0.15) is 5.75 Å². The lowest BCUT2D eigenvalue weighted by Crippen LogP contribution is -2.47. The summed E-state index contributed by atoms with van der Waals surface area (Å²) >= 11 is 0. The van der Waals surface area contributed by atoms with Crippen LogP contribution in [0.1, 0.15) is 31.2 Å². The first-order chi connectivity index (χ1) is 17.2. The number of methoxy groups -OCH3 is 1. The van der Waals surface area contributed by atoms with Crippen molar-refractivity contribution in [3.63, 3.8) is 0 Å². The zero-order valence-electron chi connectivity index (χ0n) is 20.1. The lowest BCUT2D eigenvalue weighted by Gasteiger charge is -2.38. The molecule has 3 aromatic rings. The number of benzene rings is 2. The van der Waals surface area contributed by atoms with Gasteiger partial charge in [0, 0.05) is 49.7 Å². The Balaban J connectivity index is 1.16. The van der Waals surface area contributed by atoms with E-state index in [-0.39, 0.29) is 17.2 Å². The minimum Gasteiger partial charge on any atom is -0.497 e. The van der Waals surface area contributed by atoms with E-state index in [1.807, 2.05) is 30.3 Å². The van der Waals surface area contributed by atoms with Crippen molar-refractivity contribution in [1.82, 2.24) is 15.5 Å². The van der Waals surface area contributed by atoms with Crippen LogP contribution in [0.25, 0.3) is 11.4 Å². The second-order valence-electron chi connectivity index (χ2n) is 9.37. The number of hydrogen-bond acceptors (Lipinski definition) is 7. The molecule has 0 atom stereocenters. The molecule has 8 heteroatoms. The summed E-state index contributed by atoms with van der Waals surface area (Å²) in [4.78, 5) is 19.7. The summed E-state index contributed by atoms with van der Waals surface area (Å²) in [5, 5.41) is 7.41. The van der Waals surface area contributed by atoms with Crippen molar-refractivity contribution in [3.05, 3.63) is 60.2 Å². The average molecular weight is 477 g/mol. The van der Waals surface area contributed by atoms with Gasteiger partial charge in [-0.1, -0.05) is 35.5 Å². The highest BCUT2D eigenvalue weighted by atomic mass is 16.5. The van der Waals surface area contributed by atoms with E-state index >= 15 is 0 Å². The summed E-state index contributed by atoms with van der Waals surface area (Å²) < 4.78 is 16.3. The van der Waals surface area contributed by atoms with Gasteiger partial charge in [0.05, 0.1) is 7.11 Å². The Hall–Kier alpha value is -3.39. The molecular weight excluding hydrogens is 444 g/mol. The molecule has 8 nitrogen and oxygen atoms in total. The van der Waals surface area contributed by atoms with Crippen LogP contribution >= 0.6 is 0 Å². The van der Waals surface area contributed by atoms with E-state index in [0.717, 1.165) is 50.2 Å². The fourth-order valence-corrected chi connectivity index (χ4v) is 5.06. The third-order valence-corrected chi connectivity index (χ3v) is 7.34. The minimum absolute atomic E-state index is 0.0112. The van der Waals surface area contributed by atoms with Gasteiger partial charge in [-0.3, -0.25) is 4.79 Å². The Kier molecular flexibility index (Phi) is 6.99. The third kappa shape index (κ3) is 5.17. The van der Waals surface area contributed by atoms with Crippen LogP contribution in [0.15, 0.2) is 59.1 Å². The van der Waals surface area contributed by atoms with Crippen LogP contribution in [-0.4, -0.2) is 56.0 Å². The number of aromatic nitrogens is 2. The van der Waals surface area contributed by atoms with Crippen molar-refractivity contribution in [2.45, 2.75) is 31.1 Å². The summed E-state index contributed by atoms with van der Waals surface area (Å²) in [6.07, 6.45) is 3.36. The number of nitrogens with one attached hydrogen (secondary N) is 1. The van der Waals surface area contributed by atoms with E-state index in [1.165, 1.54) is 5.56 Å². The van der Waals surface area contributed by atoms with Crippen LogP contribution in [0, 0.1) is 5.92 Å². The molecule has 1 amide bonds. The zero-order chi connectivity index (χ0) is 24.1. The highest BCUT2D eigenvalue weighted by molar-refractivity contribution is 5.79. The molecule has 5 rings (SSSR count). The van der Waals surface area contributed by atoms with E-state index in [2.05, 4.69) is 44.6 Å². The molecule has 2 aliphatic heterocycles. The first-order valence-electron chi connectivity index (χ1n) is 12.3. The number of ether oxygens (including phenoxy) is 2. The number of carbonyl (C=O) groups is 1. The van der Waals surface area contributed by atoms with Crippen LogP contribution in [-0.2, 0) is 14.9 Å². The van der Waals surface area contributed by atoms with Crippen LogP contribution in [0.5, 0.6) is 5.75 Å². The lowest BCUT2D eigenvalue weighted by molar-refractivity contribution is -0.126. The topological polar surface area (TPSA) is 89.7 Å². The van der Waals surface area contributed by atoms with Crippen molar-refractivity contribution in [2.75, 3.05) is 44.9 Å². The number of rotatable bonds is 7. The quantitative estimate of drug-likeness (QED) is 0.554. The highest BCUT2D eigenvalue weighted by Crippen LogP contribution is 2.34. The van der Waals surface area contributed by atoms with Crippen LogP contribution in [0.4, 0.5) is 6.01 Å². The molecule has 3 heterocycles. The van der Waals surface area contributed by atoms with Gasteiger partial charge in [0.2, 0.25) is 11.7 Å². The summed E-state index contributed by atoms with van der Waals surface area (Å²) in [5.74, 6) is 1.45. The molecule has 1 N–H and O–H groups in total. The predicted molar refractivity (Wildman–Crippen MR) is 132 cm³/mol. The molecule has 0 unspecified atom stereocenters. The maximum Gasteiger partial charge on any atom is 0.324 e. The number of nitrogens with zero attached hydrogens (tertiary/aromatic N) is 3. The molecule has 2 aromatic carbocycles. The Morgan fingerprint density at radius 3 is 2.49 bits per heavy atom. The fraction of sp³-hybridized carbons (Fsp3) is 0.444. The molecule has 0 spiro atoms. The van der Waals surface area contributed by atoms with Gasteiger partial charge >= 0.3 is 6.01 Å². The van der Waals surface area contributed by atoms with Crippen LogP contribution in [0.3, 0.4) is 0 Å². The molecule has 0 aliphatic carbocycles. The second-order valence-corrected chi connectivity index (χ2v) is 9.37. The van der Waals surface area contributed by atoms with Crippen LogP contribution < -0.4 is 15.0 Å². The van der Waals surface area contributed by atoms with E-state index < -0.39 is 0 Å². The third-order valence-electron chi connectivity index (χ3n) is 7.34. The summed E-state index contributed by atoms with van der Waals surface area (Å²) in [6.45, 7) is 3.52. The second kappa shape index (κ2) is 10.5. The average Bonchev–Trinajstić information content (AvgIpc) is 3.43. The van der Waals surface area contributed by atoms with Crippen molar-refractivity contribution in [3.8, 4) is 17.1 Å². The SMILES string of the molecule is COc1ccc(-c2noc(N3CCC(C(=O)NCC4(c5ccccc5)CCOCC4)CC3)n2)cc1. The smallest absolute Gasteiger partial charge is 0.324 e. The Morgan fingerprint density at radius 2 is 1.80 bits per heavy atom. The monoisotopic (exact) mass is 476 g/mol. The Bertz CT molecular complexity index is 1100. The first-order valence-corrected chi connectivity index (χ1v) is 12.3. The molecule has 2 aliphatic rings. The van der Waals surface area contributed by atoms with Gasteiger partial charge in [-0.2, -0.15) is 4.98 Å². The molecular formula is C27H32N4O4. The highest BCUT2D eigenvalue weighted by Gasteiger charge is 2.36. The van der Waals surface area contributed by atoms with E-state index in [9.17, 15) is 4.79 Å². The van der Waals surface area contributed by atoms with Gasteiger partial charge in [-0.05, 0) is 55.5 Å². The normalized spacial score (nSPS) is 18.3.